The number of nitrogens with one attached hydrogen (secondary N) is 1. The minimum absolute atomic E-state index is 0. The molecule has 0 unspecified atom stereocenters. The minimum atomic E-state index is 0. The van der Waals surface area contributed by atoms with Crippen LogP contribution in [0.2, 0.25) is 0 Å². The highest BCUT2D eigenvalue weighted by molar-refractivity contribution is 7.16. The lowest BCUT2D eigenvalue weighted by Crippen LogP contribution is -2.01. The van der Waals surface area contributed by atoms with E-state index in [-0.39, 0.29) is 12.4 Å². The van der Waals surface area contributed by atoms with Crippen LogP contribution in [0.25, 0.3) is 10.2 Å². The first-order valence-electron chi connectivity index (χ1n) is 3.63. The molecule has 0 atom stereocenters. The Bertz CT molecular complexity index is 471. The number of halogens is 1. The topological polar surface area (TPSA) is 54.2 Å². The molecular formula is C8H10ClN3S. The number of benzene rings is 1. The van der Waals surface area contributed by atoms with Crippen LogP contribution in [-0.2, 0) is 0 Å². The van der Waals surface area contributed by atoms with E-state index in [0.29, 0.717) is 0 Å². The molecule has 1 aromatic carbocycles. The first-order valence-corrected chi connectivity index (χ1v) is 4.45. The normalized spacial score (nSPS) is 11.6. The van der Waals surface area contributed by atoms with E-state index in [1.807, 2.05) is 6.07 Å². The zero-order chi connectivity index (χ0) is 8.55. The van der Waals surface area contributed by atoms with Gasteiger partial charge in [-0.3, -0.25) is 0 Å². The first kappa shape index (κ1) is 10.1. The molecule has 0 saturated heterocycles. The van der Waals surface area contributed by atoms with Crippen molar-refractivity contribution in [2.75, 3.05) is 0 Å². The Hall–Kier alpha value is -1.00. The molecule has 1 aromatic heterocycles. The fourth-order valence-electron chi connectivity index (χ4n) is 1.18. The lowest BCUT2D eigenvalue weighted by Gasteiger charge is -1.91. The number of aromatic nitrogens is 1. The largest absolute Gasteiger partial charge is 0.329 e. The van der Waals surface area contributed by atoms with Crippen LogP contribution < -0.4 is 10.6 Å². The Morgan fingerprint density at radius 3 is 2.85 bits per heavy atom. The zero-order valence-corrected chi connectivity index (χ0v) is 8.71. The number of nitrogens with zero attached hydrogens (tertiary/aromatic N) is 1. The van der Waals surface area contributed by atoms with Crippen LogP contribution in [-0.4, -0.2) is 4.98 Å². The molecule has 3 N–H and O–H groups in total. The molecule has 0 spiro atoms. The number of para-hydroxylation sites is 1. The van der Waals surface area contributed by atoms with Crippen LogP contribution in [0.15, 0.2) is 23.3 Å². The summed E-state index contributed by atoms with van der Waals surface area (Å²) in [6.07, 6.45) is 0. The van der Waals surface area contributed by atoms with Gasteiger partial charge in [0.1, 0.15) is 0 Å². The van der Waals surface area contributed by atoms with Gasteiger partial charge < -0.3 is 10.8 Å². The van der Waals surface area contributed by atoms with Crippen molar-refractivity contribution < 1.29 is 0 Å². The van der Waals surface area contributed by atoms with E-state index in [1.54, 1.807) is 11.3 Å². The van der Waals surface area contributed by atoms with Gasteiger partial charge in [0, 0.05) is 0 Å². The predicted molar refractivity (Wildman–Crippen MR) is 57.9 cm³/mol. The van der Waals surface area contributed by atoms with Crippen LogP contribution in [0, 0.1) is 6.92 Å². The molecule has 0 amide bonds. The summed E-state index contributed by atoms with van der Waals surface area (Å²) in [6.45, 7) is 2.06. The van der Waals surface area contributed by atoms with Gasteiger partial charge in [-0.25, -0.2) is 0 Å². The molecular weight excluding hydrogens is 206 g/mol. The third kappa shape index (κ3) is 1.68. The molecule has 0 fully saturated rings. The van der Waals surface area contributed by atoms with Gasteiger partial charge in [-0.15, -0.1) is 12.4 Å². The Morgan fingerprint density at radius 2 is 2.23 bits per heavy atom. The standard InChI is InChI=1S/C8H9N3S.ClH/c1-5-3-2-4-6-7(5)10-8(11-9)12-6;/h2-4H,9H2,1H3,(H,10,11);1H. The third-order valence-electron chi connectivity index (χ3n) is 1.79. The second-order valence-electron chi connectivity index (χ2n) is 2.61. The average molecular weight is 216 g/mol. The monoisotopic (exact) mass is 215 g/mol. The molecule has 70 valence electrons. The second kappa shape index (κ2) is 3.81. The number of rotatable bonds is 0. The van der Waals surface area contributed by atoms with Crippen LogP contribution >= 0.6 is 23.7 Å². The van der Waals surface area contributed by atoms with Gasteiger partial charge in [-0.2, -0.15) is 5.10 Å². The molecule has 0 radical (unpaired) electrons. The van der Waals surface area contributed by atoms with Gasteiger partial charge in [0.15, 0.2) is 0 Å². The number of fused-ring (bicyclic) bond motifs is 1. The van der Waals surface area contributed by atoms with Crippen molar-refractivity contribution in [1.29, 1.82) is 0 Å². The van der Waals surface area contributed by atoms with E-state index in [4.69, 9.17) is 5.84 Å². The minimum Gasteiger partial charge on any atom is -0.329 e. The van der Waals surface area contributed by atoms with Crippen molar-refractivity contribution in [2.24, 2.45) is 10.9 Å². The molecule has 0 aliphatic rings. The number of hydrogen-bond donors (Lipinski definition) is 2. The Morgan fingerprint density at radius 1 is 1.46 bits per heavy atom. The molecule has 3 nitrogen and oxygen atoms in total. The molecule has 2 rings (SSSR count). The van der Waals surface area contributed by atoms with Gasteiger partial charge in [0.25, 0.3) is 0 Å². The van der Waals surface area contributed by atoms with Crippen LogP contribution in [0.5, 0.6) is 0 Å². The van der Waals surface area contributed by atoms with Gasteiger partial charge in [0.2, 0.25) is 4.80 Å². The Balaban J connectivity index is 0.000000845. The second-order valence-corrected chi connectivity index (χ2v) is 3.64. The lowest BCUT2D eigenvalue weighted by molar-refractivity contribution is 1.11. The van der Waals surface area contributed by atoms with Gasteiger partial charge in [0.05, 0.1) is 10.2 Å². The van der Waals surface area contributed by atoms with Gasteiger partial charge >= 0.3 is 0 Å². The average Bonchev–Trinajstić information content (AvgIpc) is 2.49. The van der Waals surface area contributed by atoms with Crippen molar-refractivity contribution in [3.63, 3.8) is 0 Å². The maximum atomic E-state index is 5.17. The summed E-state index contributed by atoms with van der Waals surface area (Å²) >= 11 is 1.56. The number of aromatic amines is 1. The summed E-state index contributed by atoms with van der Waals surface area (Å²) in [5, 5.41) is 3.61. The van der Waals surface area contributed by atoms with Crippen molar-refractivity contribution in [3.05, 3.63) is 28.6 Å². The van der Waals surface area contributed by atoms with Crippen LogP contribution in [0.1, 0.15) is 5.56 Å². The summed E-state index contributed by atoms with van der Waals surface area (Å²) in [4.78, 5) is 3.90. The van der Waals surface area contributed by atoms with Crippen LogP contribution in [0.3, 0.4) is 0 Å². The van der Waals surface area contributed by atoms with Crippen molar-refractivity contribution in [2.45, 2.75) is 6.92 Å². The zero-order valence-electron chi connectivity index (χ0n) is 7.07. The van der Waals surface area contributed by atoms with Crippen molar-refractivity contribution in [3.8, 4) is 0 Å². The number of thiazole rings is 1. The summed E-state index contributed by atoms with van der Waals surface area (Å²) in [5.41, 5.74) is 2.35. The molecule has 2 aromatic rings. The van der Waals surface area contributed by atoms with Gasteiger partial charge in [-0.05, 0) is 18.6 Å². The highest BCUT2D eigenvalue weighted by atomic mass is 35.5. The third-order valence-corrected chi connectivity index (χ3v) is 2.75. The van der Waals surface area contributed by atoms with Gasteiger partial charge in [-0.1, -0.05) is 23.5 Å². The summed E-state index contributed by atoms with van der Waals surface area (Å²) in [5.74, 6) is 5.17. The molecule has 0 saturated carbocycles. The van der Waals surface area contributed by atoms with E-state index in [0.717, 1.165) is 10.3 Å². The van der Waals surface area contributed by atoms with E-state index in [1.165, 1.54) is 10.3 Å². The highest BCUT2D eigenvalue weighted by Gasteiger charge is 1.98. The van der Waals surface area contributed by atoms with Crippen LogP contribution in [0.4, 0.5) is 0 Å². The van der Waals surface area contributed by atoms with Crippen molar-refractivity contribution in [1.82, 2.24) is 4.98 Å². The fourth-order valence-corrected chi connectivity index (χ4v) is 2.06. The molecule has 13 heavy (non-hydrogen) atoms. The molecule has 0 aliphatic carbocycles. The quantitative estimate of drug-likeness (QED) is 0.511. The molecule has 5 heteroatoms. The number of H-pyrrole nitrogens is 1. The maximum Gasteiger partial charge on any atom is 0.205 e. The van der Waals surface area contributed by atoms with Crippen molar-refractivity contribution >= 4 is 34.0 Å². The maximum absolute atomic E-state index is 5.17. The van der Waals surface area contributed by atoms with E-state index >= 15 is 0 Å². The number of nitrogens with two attached hydrogens (primary N) is 1. The first-order chi connectivity index (χ1) is 5.81. The summed E-state index contributed by atoms with van der Waals surface area (Å²) < 4.78 is 1.19. The molecule has 0 bridgehead atoms. The number of hydrogen-bond acceptors (Lipinski definition) is 3. The lowest BCUT2D eigenvalue weighted by atomic mass is 10.2. The Labute approximate surface area is 85.7 Å². The van der Waals surface area contributed by atoms with E-state index in [2.05, 4.69) is 29.1 Å². The smallest absolute Gasteiger partial charge is 0.205 e. The molecule has 0 aliphatic heterocycles. The van der Waals surface area contributed by atoms with E-state index < -0.39 is 0 Å². The SMILES string of the molecule is Cc1cccc2sc(=NN)[nH]c12.Cl. The summed E-state index contributed by atoms with van der Waals surface area (Å²) in [6, 6.07) is 6.15. The highest BCUT2D eigenvalue weighted by Crippen LogP contribution is 2.16. The number of aryl methyl sites for hydroxylation is 1. The summed E-state index contributed by atoms with van der Waals surface area (Å²) in [7, 11) is 0. The predicted octanol–water partition coefficient (Wildman–Crippen LogP) is 1.73. The Kier molecular flexibility index (Phi) is 2.95. The fraction of sp³-hybridized carbons (Fsp3) is 0.125. The molecule has 1 heterocycles. The van der Waals surface area contributed by atoms with E-state index in [9.17, 15) is 0 Å².